The third kappa shape index (κ3) is 2.30. The summed E-state index contributed by atoms with van der Waals surface area (Å²) in [6, 6.07) is 7.33. The molecular weight excluding hydrogens is 236 g/mol. The highest BCUT2D eigenvalue weighted by Crippen LogP contribution is 2.25. The number of halogens is 2. The van der Waals surface area contributed by atoms with Gasteiger partial charge in [0.2, 0.25) is 0 Å². The zero-order valence-electron chi connectivity index (χ0n) is 9.53. The summed E-state index contributed by atoms with van der Waals surface area (Å²) in [6.07, 6.45) is 2.30. The van der Waals surface area contributed by atoms with Crippen molar-refractivity contribution in [1.82, 2.24) is 10.2 Å². The molecule has 0 unspecified atom stereocenters. The van der Waals surface area contributed by atoms with E-state index in [4.69, 9.17) is 0 Å². The molecule has 0 saturated heterocycles. The molecule has 0 spiro atoms. The summed E-state index contributed by atoms with van der Waals surface area (Å²) in [5, 5.41) is 11.1. The third-order valence-electron chi connectivity index (χ3n) is 2.80. The van der Waals surface area contributed by atoms with Crippen molar-refractivity contribution in [3.05, 3.63) is 42.0 Å². The van der Waals surface area contributed by atoms with Gasteiger partial charge in [-0.05, 0) is 37.1 Å². The molecule has 2 aromatic rings. The Labute approximate surface area is 103 Å². The van der Waals surface area contributed by atoms with Crippen molar-refractivity contribution in [2.45, 2.75) is 18.9 Å². The molecule has 5 heteroatoms. The van der Waals surface area contributed by atoms with Gasteiger partial charge in [0.05, 0.1) is 5.69 Å². The summed E-state index contributed by atoms with van der Waals surface area (Å²) in [5.74, 6) is -0.549. The van der Waals surface area contributed by atoms with E-state index in [1.54, 1.807) is 12.1 Å². The summed E-state index contributed by atoms with van der Waals surface area (Å²) in [5.41, 5.74) is 0.649. The van der Waals surface area contributed by atoms with Crippen LogP contribution < -0.4 is 5.32 Å². The van der Waals surface area contributed by atoms with E-state index >= 15 is 0 Å². The number of benzene rings is 1. The van der Waals surface area contributed by atoms with Crippen molar-refractivity contribution >= 4 is 5.82 Å². The Morgan fingerprint density at radius 2 is 1.89 bits per heavy atom. The topological polar surface area (TPSA) is 37.8 Å². The molecule has 0 amide bonds. The molecule has 0 aliphatic heterocycles. The molecule has 92 valence electrons. The van der Waals surface area contributed by atoms with Crippen LogP contribution in [0, 0.1) is 11.6 Å². The van der Waals surface area contributed by atoms with Gasteiger partial charge in [-0.2, -0.15) is 0 Å². The average molecular weight is 247 g/mol. The molecule has 0 radical (unpaired) electrons. The fraction of sp³-hybridized carbons (Fsp3) is 0.231. The average Bonchev–Trinajstić information content (AvgIpc) is 3.15. The van der Waals surface area contributed by atoms with Gasteiger partial charge in [-0.15, -0.1) is 10.2 Å². The van der Waals surface area contributed by atoms with Crippen LogP contribution in [0.2, 0.25) is 0 Å². The maximum absolute atomic E-state index is 13.5. The van der Waals surface area contributed by atoms with Crippen LogP contribution in [0.15, 0.2) is 30.3 Å². The zero-order valence-corrected chi connectivity index (χ0v) is 9.53. The van der Waals surface area contributed by atoms with Crippen LogP contribution in [-0.4, -0.2) is 16.2 Å². The lowest BCUT2D eigenvalue weighted by Gasteiger charge is -2.05. The summed E-state index contributed by atoms with van der Waals surface area (Å²) in [6.45, 7) is 0. The van der Waals surface area contributed by atoms with E-state index in [9.17, 15) is 8.78 Å². The Morgan fingerprint density at radius 3 is 2.50 bits per heavy atom. The summed E-state index contributed by atoms with van der Waals surface area (Å²) in [4.78, 5) is 0. The number of rotatable bonds is 3. The minimum absolute atomic E-state index is 0.252. The van der Waals surface area contributed by atoms with Crippen LogP contribution >= 0.6 is 0 Å². The first-order chi connectivity index (χ1) is 8.72. The Morgan fingerprint density at radius 1 is 1.06 bits per heavy atom. The van der Waals surface area contributed by atoms with Crippen molar-refractivity contribution in [3.63, 3.8) is 0 Å². The van der Waals surface area contributed by atoms with E-state index in [-0.39, 0.29) is 5.56 Å². The van der Waals surface area contributed by atoms with E-state index in [1.165, 1.54) is 12.1 Å². The fourth-order valence-electron chi connectivity index (χ4n) is 1.69. The molecule has 1 aliphatic carbocycles. The van der Waals surface area contributed by atoms with Crippen LogP contribution in [0.4, 0.5) is 14.6 Å². The van der Waals surface area contributed by atoms with E-state index in [0.717, 1.165) is 18.9 Å². The van der Waals surface area contributed by atoms with Crippen molar-refractivity contribution in [2.24, 2.45) is 0 Å². The van der Waals surface area contributed by atoms with Gasteiger partial charge in [0.25, 0.3) is 0 Å². The maximum Gasteiger partial charge on any atom is 0.148 e. The molecule has 1 fully saturated rings. The van der Waals surface area contributed by atoms with Gasteiger partial charge in [-0.3, -0.25) is 0 Å². The first kappa shape index (κ1) is 11.1. The van der Waals surface area contributed by atoms with Gasteiger partial charge < -0.3 is 5.32 Å². The lowest BCUT2D eigenvalue weighted by atomic mass is 10.1. The van der Waals surface area contributed by atoms with E-state index in [2.05, 4.69) is 15.5 Å². The number of aromatic nitrogens is 2. The Kier molecular flexibility index (Phi) is 2.66. The SMILES string of the molecule is Fc1ccc(-c2ccc(NC3CC3)nn2)c(F)c1. The second-order valence-corrected chi connectivity index (χ2v) is 4.35. The molecule has 18 heavy (non-hydrogen) atoms. The van der Waals surface area contributed by atoms with Crippen molar-refractivity contribution in [2.75, 3.05) is 5.32 Å². The Bertz CT molecular complexity index is 565. The highest BCUT2D eigenvalue weighted by Gasteiger charge is 2.21. The Hall–Kier alpha value is -2.04. The summed E-state index contributed by atoms with van der Waals surface area (Å²) < 4.78 is 26.3. The van der Waals surface area contributed by atoms with Gasteiger partial charge in [-0.1, -0.05) is 0 Å². The first-order valence-electron chi connectivity index (χ1n) is 5.78. The second-order valence-electron chi connectivity index (χ2n) is 4.35. The zero-order chi connectivity index (χ0) is 12.5. The largest absolute Gasteiger partial charge is 0.366 e. The molecule has 1 aromatic carbocycles. The molecule has 0 bridgehead atoms. The predicted molar refractivity (Wildman–Crippen MR) is 64.0 cm³/mol. The van der Waals surface area contributed by atoms with Gasteiger partial charge in [0, 0.05) is 17.7 Å². The number of nitrogens with zero attached hydrogens (tertiary/aromatic N) is 2. The van der Waals surface area contributed by atoms with E-state index in [1.807, 2.05) is 0 Å². The molecule has 0 atom stereocenters. The first-order valence-corrected chi connectivity index (χ1v) is 5.78. The number of anilines is 1. The smallest absolute Gasteiger partial charge is 0.148 e. The lowest BCUT2D eigenvalue weighted by Crippen LogP contribution is -2.04. The normalized spacial score (nSPS) is 14.6. The minimum Gasteiger partial charge on any atom is -0.366 e. The molecule has 3 nitrogen and oxygen atoms in total. The molecule has 3 rings (SSSR count). The number of hydrogen-bond donors (Lipinski definition) is 1. The summed E-state index contributed by atoms with van der Waals surface area (Å²) >= 11 is 0. The van der Waals surface area contributed by atoms with Gasteiger partial charge >= 0.3 is 0 Å². The molecular formula is C13H11F2N3. The standard InChI is InChI=1S/C13H11F2N3/c14-8-1-4-10(11(15)7-8)12-5-6-13(18-17-12)16-9-2-3-9/h1,4-7,9H,2-3H2,(H,16,18). The van der Waals surface area contributed by atoms with Gasteiger partial charge in [-0.25, -0.2) is 8.78 Å². The molecule has 1 heterocycles. The van der Waals surface area contributed by atoms with Crippen molar-refractivity contribution in [1.29, 1.82) is 0 Å². The quantitative estimate of drug-likeness (QED) is 0.906. The van der Waals surface area contributed by atoms with Gasteiger partial charge in [0.15, 0.2) is 0 Å². The van der Waals surface area contributed by atoms with Crippen LogP contribution in [0.25, 0.3) is 11.3 Å². The fourth-order valence-corrected chi connectivity index (χ4v) is 1.69. The van der Waals surface area contributed by atoms with Crippen LogP contribution in [0.5, 0.6) is 0 Å². The number of nitrogens with one attached hydrogen (secondary N) is 1. The predicted octanol–water partition coefficient (Wildman–Crippen LogP) is 3.00. The van der Waals surface area contributed by atoms with Crippen molar-refractivity contribution < 1.29 is 8.78 Å². The van der Waals surface area contributed by atoms with Crippen molar-refractivity contribution in [3.8, 4) is 11.3 Å². The van der Waals surface area contributed by atoms with E-state index in [0.29, 0.717) is 17.6 Å². The molecule has 1 aromatic heterocycles. The highest BCUT2D eigenvalue weighted by molar-refractivity contribution is 5.60. The highest BCUT2D eigenvalue weighted by atomic mass is 19.1. The Balaban J connectivity index is 1.86. The second kappa shape index (κ2) is 4.33. The van der Waals surface area contributed by atoms with Crippen LogP contribution in [0.1, 0.15) is 12.8 Å². The lowest BCUT2D eigenvalue weighted by molar-refractivity contribution is 0.585. The third-order valence-corrected chi connectivity index (χ3v) is 2.80. The molecule has 1 N–H and O–H groups in total. The van der Waals surface area contributed by atoms with Crippen LogP contribution in [0.3, 0.4) is 0 Å². The van der Waals surface area contributed by atoms with Gasteiger partial charge in [0.1, 0.15) is 17.5 Å². The molecule has 1 saturated carbocycles. The van der Waals surface area contributed by atoms with Crippen LogP contribution in [-0.2, 0) is 0 Å². The molecule has 1 aliphatic rings. The number of hydrogen-bond acceptors (Lipinski definition) is 3. The monoisotopic (exact) mass is 247 g/mol. The minimum atomic E-state index is -0.632. The maximum atomic E-state index is 13.5. The summed E-state index contributed by atoms with van der Waals surface area (Å²) in [7, 11) is 0. The van der Waals surface area contributed by atoms with E-state index < -0.39 is 11.6 Å².